The van der Waals surface area contributed by atoms with Crippen LogP contribution in [-0.2, 0) is 9.53 Å². The van der Waals surface area contributed by atoms with Crippen LogP contribution in [0.4, 0.5) is 5.69 Å². The molecule has 8 heteroatoms. The van der Waals surface area contributed by atoms with E-state index in [-0.39, 0.29) is 6.42 Å². The van der Waals surface area contributed by atoms with E-state index in [1.165, 1.54) is 0 Å². The predicted molar refractivity (Wildman–Crippen MR) is 142 cm³/mol. The maximum atomic E-state index is 13.4. The number of nitrogens with zero attached hydrogens (tertiary/aromatic N) is 1. The zero-order chi connectivity index (χ0) is 25.2. The lowest BCUT2D eigenvalue weighted by atomic mass is 9.99. The molecule has 1 atom stereocenters. The van der Waals surface area contributed by atoms with Gasteiger partial charge in [-0.2, -0.15) is 0 Å². The Labute approximate surface area is 216 Å². The molecule has 0 saturated carbocycles. The maximum Gasteiger partial charge on any atom is 0.339 e. The van der Waals surface area contributed by atoms with Crippen molar-refractivity contribution in [3.05, 3.63) is 94.5 Å². The summed E-state index contributed by atoms with van der Waals surface area (Å²) < 4.78 is 11.6. The minimum Gasteiger partial charge on any atom is -0.449 e. The second kappa shape index (κ2) is 10.0. The molecular formula is C28H20Cl2N2O4. The molecule has 6 nitrogen and oxygen atoms in total. The molecule has 0 aliphatic heterocycles. The number of carbonyl (C=O) groups is 2. The van der Waals surface area contributed by atoms with Crippen molar-refractivity contribution in [1.29, 1.82) is 0 Å². The highest BCUT2D eigenvalue weighted by molar-refractivity contribution is 6.35. The van der Waals surface area contributed by atoms with E-state index in [0.717, 1.165) is 5.39 Å². The number of carbonyl (C=O) groups excluding carboxylic acids is 2. The van der Waals surface area contributed by atoms with Gasteiger partial charge in [0.25, 0.3) is 5.91 Å². The fourth-order valence-electron chi connectivity index (χ4n) is 4.04. The molecule has 0 spiro atoms. The number of rotatable bonds is 6. The molecule has 0 saturated heterocycles. The SMILES string of the molecule is CCC(OC(=O)c1cccc2cccc(-c3nc4ccccc4o3)c12)C(=O)Nc1cc(Cl)cc(Cl)c1. The average Bonchev–Trinajstić information content (AvgIpc) is 3.30. The van der Waals surface area contributed by atoms with Gasteiger partial charge in [0, 0.05) is 26.7 Å². The van der Waals surface area contributed by atoms with E-state index in [1.54, 1.807) is 37.3 Å². The predicted octanol–water partition coefficient (Wildman–Crippen LogP) is 7.53. The summed E-state index contributed by atoms with van der Waals surface area (Å²) in [4.78, 5) is 30.8. The summed E-state index contributed by atoms with van der Waals surface area (Å²) in [5, 5.41) is 4.92. The molecule has 180 valence electrons. The Kier molecular flexibility index (Phi) is 6.63. The van der Waals surface area contributed by atoms with Crippen LogP contribution in [0, 0.1) is 0 Å². The highest BCUT2D eigenvalue weighted by Gasteiger charge is 2.25. The molecule has 1 heterocycles. The normalized spacial score (nSPS) is 12.0. The smallest absolute Gasteiger partial charge is 0.339 e. The van der Waals surface area contributed by atoms with Crippen molar-refractivity contribution in [3.8, 4) is 11.5 Å². The third kappa shape index (κ3) is 4.78. The summed E-state index contributed by atoms with van der Waals surface area (Å²) in [6.07, 6.45) is -0.753. The minimum absolute atomic E-state index is 0.272. The Morgan fingerprint density at radius 2 is 1.69 bits per heavy atom. The van der Waals surface area contributed by atoms with E-state index in [2.05, 4.69) is 10.3 Å². The summed E-state index contributed by atoms with van der Waals surface area (Å²) in [7, 11) is 0. The number of fused-ring (bicyclic) bond motifs is 2. The molecule has 5 rings (SSSR count). The van der Waals surface area contributed by atoms with Crippen molar-refractivity contribution in [2.75, 3.05) is 5.32 Å². The van der Waals surface area contributed by atoms with Crippen LogP contribution < -0.4 is 5.32 Å². The zero-order valence-corrected chi connectivity index (χ0v) is 20.6. The number of halogens is 2. The maximum absolute atomic E-state index is 13.4. The van der Waals surface area contributed by atoms with Crippen molar-refractivity contribution < 1.29 is 18.7 Å². The fourth-order valence-corrected chi connectivity index (χ4v) is 4.57. The van der Waals surface area contributed by atoms with Crippen LogP contribution in [0.1, 0.15) is 23.7 Å². The van der Waals surface area contributed by atoms with Crippen LogP contribution in [0.2, 0.25) is 10.0 Å². The number of nitrogens with one attached hydrogen (secondary N) is 1. The minimum atomic E-state index is -1.03. The molecule has 0 bridgehead atoms. The second-order valence-electron chi connectivity index (χ2n) is 8.15. The third-order valence-corrected chi connectivity index (χ3v) is 6.13. The van der Waals surface area contributed by atoms with E-state index in [9.17, 15) is 9.59 Å². The summed E-state index contributed by atoms with van der Waals surface area (Å²) >= 11 is 12.0. The molecular weight excluding hydrogens is 499 g/mol. The lowest BCUT2D eigenvalue weighted by molar-refractivity contribution is -0.124. The second-order valence-corrected chi connectivity index (χ2v) is 9.02. The summed E-state index contributed by atoms with van der Waals surface area (Å²) in [6, 6.07) is 23.1. The van der Waals surface area contributed by atoms with E-state index in [0.29, 0.717) is 49.2 Å². The largest absolute Gasteiger partial charge is 0.449 e. The number of aromatic nitrogens is 1. The van der Waals surface area contributed by atoms with E-state index >= 15 is 0 Å². The molecule has 0 radical (unpaired) electrons. The molecule has 0 aliphatic carbocycles. The number of hydrogen-bond acceptors (Lipinski definition) is 5. The highest BCUT2D eigenvalue weighted by atomic mass is 35.5. The Morgan fingerprint density at radius 3 is 2.42 bits per heavy atom. The van der Waals surface area contributed by atoms with Gasteiger partial charge < -0.3 is 14.5 Å². The van der Waals surface area contributed by atoms with Gasteiger partial charge in [-0.05, 0) is 54.3 Å². The van der Waals surface area contributed by atoms with Gasteiger partial charge in [-0.15, -0.1) is 0 Å². The number of anilines is 1. The van der Waals surface area contributed by atoms with Crippen LogP contribution in [0.15, 0.2) is 83.3 Å². The van der Waals surface area contributed by atoms with Crippen LogP contribution in [0.5, 0.6) is 0 Å². The van der Waals surface area contributed by atoms with Gasteiger partial charge in [0.05, 0.1) is 5.56 Å². The molecule has 1 N–H and O–H groups in total. The molecule has 0 fully saturated rings. The van der Waals surface area contributed by atoms with Crippen molar-refractivity contribution >= 4 is 62.6 Å². The summed E-state index contributed by atoms with van der Waals surface area (Å²) in [6.45, 7) is 1.76. The number of hydrogen-bond donors (Lipinski definition) is 1. The highest BCUT2D eigenvalue weighted by Crippen LogP contribution is 2.33. The number of benzene rings is 4. The number of ether oxygens (including phenoxy) is 1. The lowest BCUT2D eigenvalue weighted by Crippen LogP contribution is -2.32. The van der Waals surface area contributed by atoms with Gasteiger partial charge in [-0.25, -0.2) is 9.78 Å². The molecule has 1 aromatic heterocycles. The fraction of sp³-hybridized carbons (Fsp3) is 0.107. The first-order chi connectivity index (χ1) is 17.4. The standard InChI is InChI=1S/C28H20Cl2N2O4/c1-2-23(26(33)31-19-14-17(29)13-18(30)15-19)36-28(34)21-10-6-8-16-7-5-9-20(25(16)21)27-32-22-11-3-4-12-24(22)35-27/h3-15,23H,2H2,1H3,(H,31,33). The summed E-state index contributed by atoms with van der Waals surface area (Å²) in [5.74, 6) is -0.719. The third-order valence-electron chi connectivity index (χ3n) is 5.69. The van der Waals surface area contributed by atoms with Crippen molar-refractivity contribution in [2.24, 2.45) is 0 Å². The monoisotopic (exact) mass is 518 g/mol. The van der Waals surface area contributed by atoms with Gasteiger partial charge >= 0.3 is 5.97 Å². The molecule has 1 amide bonds. The van der Waals surface area contributed by atoms with Crippen LogP contribution in [-0.4, -0.2) is 23.0 Å². The molecule has 0 aliphatic rings. The Balaban J connectivity index is 1.47. The molecule has 1 unspecified atom stereocenters. The van der Waals surface area contributed by atoms with E-state index in [1.807, 2.05) is 48.5 Å². The Hall–Kier alpha value is -3.87. The van der Waals surface area contributed by atoms with Crippen LogP contribution in [0.25, 0.3) is 33.3 Å². The van der Waals surface area contributed by atoms with Crippen molar-refractivity contribution in [2.45, 2.75) is 19.4 Å². The first kappa shape index (κ1) is 23.9. The van der Waals surface area contributed by atoms with Gasteiger partial charge in [0.1, 0.15) is 5.52 Å². The molecule has 4 aromatic carbocycles. The lowest BCUT2D eigenvalue weighted by Gasteiger charge is -2.17. The number of esters is 1. The Morgan fingerprint density at radius 1 is 0.972 bits per heavy atom. The van der Waals surface area contributed by atoms with E-state index < -0.39 is 18.0 Å². The summed E-state index contributed by atoms with van der Waals surface area (Å²) in [5.41, 5.74) is 2.74. The van der Waals surface area contributed by atoms with Gasteiger partial charge in [0.15, 0.2) is 11.7 Å². The first-order valence-corrected chi connectivity index (χ1v) is 12.0. The van der Waals surface area contributed by atoms with Gasteiger partial charge in [-0.1, -0.05) is 66.5 Å². The van der Waals surface area contributed by atoms with Crippen LogP contribution >= 0.6 is 23.2 Å². The van der Waals surface area contributed by atoms with Gasteiger partial charge in [0.2, 0.25) is 5.89 Å². The van der Waals surface area contributed by atoms with Gasteiger partial charge in [-0.3, -0.25) is 4.79 Å². The topological polar surface area (TPSA) is 81.4 Å². The first-order valence-electron chi connectivity index (χ1n) is 11.3. The van der Waals surface area contributed by atoms with Crippen molar-refractivity contribution in [1.82, 2.24) is 4.98 Å². The quantitative estimate of drug-likeness (QED) is 0.235. The number of oxazole rings is 1. The number of amides is 1. The molecule has 36 heavy (non-hydrogen) atoms. The van der Waals surface area contributed by atoms with E-state index in [4.69, 9.17) is 32.4 Å². The Bertz CT molecular complexity index is 1550. The zero-order valence-electron chi connectivity index (χ0n) is 19.1. The molecule has 5 aromatic rings. The van der Waals surface area contributed by atoms with Crippen LogP contribution in [0.3, 0.4) is 0 Å². The number of para-hydroxylation sites is 2. The average molecular weight is 519 g/mol. The van der Waals surface area contributed by atoms with Crippen molar-refractivity contribution in [3.63, 3.8) is 0 Å².